The molecule has 0 fully saturated rings. The molecule has 0 aliphatic rings. The summed E-state index contributed by atoms with van der Waals surface area (Å²) in [6.07, 6.45) is 2.32. The number of nitrogens with one attached hydrogen (secondary N) is 1. The minimum absolute atomic E-state index is 0.414. The number of hydrogen-bond donors (Lipinski definition) is 1. The standard InChI is InChI=1S/C18H32N2/c1-6-14-20(9-4)15(5)18(19-8-3)17-12-10-16(7-2)11-13-17/h10-13,15,18-19H,6-9,14H2,1-5H3. The minimum Gasteiger partial charge on any atom is -0.309 e. The van der Waals surface area contributed by atoms with Gasteiger partial charge in [-0.1, -0.05) is 52.0 Å². The van der Waals surface area contributed by atoms with Crippen LogP contribution in [-0.2, 0) is 6.42 Å². The summed E-state index contributed by atoms with van der Waals surface area (Å²) in [6, 6.07) is 10.1. The SMILES string of the molecule is CCCN(CC)C(C)C(NCC)c1ccc(CC)cc1. The maximum absolute atomic E-state index is 3.67. The van der Waals surface area contributed by atoms with E-state index in [1.54, 1.807) is 0 Å². The van der Waals surface area contributed by atoms with E-state index < -0.39 is 0 Å². The summed E-state index contributed by atoms with van der Waals surface area (Å²) in [7, 11) is 0. The van der Waals surface area contributed by atoms with Crippen LogP contribution in [-0.4, -0.2) is 30.6 Å². The average Bonchev–Trinajstić information content (AvgIpc) is 2.50. The first-order chi connectivity index (χ1) is 9.67. The van der Waals surface area contributed by atoms with Crippen molar-refractivity contribution < 1.29 is 0 Å². The van der Waals surface area contributed by atoms with Gasteiger partial charge in [-0.25, -0.2) is 0 Å². The fourth-order valence-electron chi connectivity index (χ4n) is 2.90. The molecule has 1 aromatic carbocycles. The van der Waals surface area contributed by atoms with Crippen molar-refractivity contribution in [1.82, 2.24) is 10.2 Å². The van der Waals surface area contributed by atoms with Gasteiger partial charge in [0, 0.05) is 12.1 Å². The zero-order valence-electron chi connectivity index (χ0n) is 13.9. The molecule has 0 aromatic heterocycles. The first kappa shape index (κ1) is 17.2. The lowest BCUT2D eigenvalue weighted by Gasteiger charge is -2.34. The topological polar surface area (TPSA) is 15.3 Å². The molecule has 1 aromatic rings. The maximum atomic E-state index is 3.67. The third kappa shape index (κ3) is 4.60. The Hall–Kier alpha value is -0.860. The van der Waals surface area contributed by atoms with Crippen LogP contribution in [0.1, 0.15) is 58.2 Å². The molecule has 1 N–H and O–H groups in total. The van der Waals surface area contributed by atoms with Gasteiger partial charge < -0.3 is 5.32 Å². The second-order valence-corrected chi connectivity index (χ2v) is 5.50. The number of rotatable bonds is 9. The molecule has 0 bridgehead atoms. The third-order valence-electron chi connectivity index (χ3n) is 4.15. The quantitative estimate of drug-likeness (QED) is 0.733. The van der Waals surface area contributed by atoms with Gasteiger partial charge in [0.2, 0.25) is 0 Å². The molecular formula is C18H32N2. The monoisotopic (exact) mass is 276 g/mol. The molecule has 2 nitrogen and oxygen atoms in total. The van der Waals surface area contributed by atoms with Crippen molar-refractivity contribution in [2.24, 2.45) is 0 Å². The fraction of sp³-hybridized carbons (Fsp3) is 0.667. The molecule has 0 aliphatic carbocycles. The molecule has 0 radical (unpaired) electrons. The Morgan fingerprint density at radius 1 is 1.05 bits per heavy atom. The van der Waals surface area contributed by atoms with Gasteiger partial charge >= 0.3 is 0 Å². The lowest BCUT2D eigenvalue weighted by atomic mass is 9.97. The van der Waals surface area contributed by atoms with Gasteiger partial charge in [0.25, 0.3) is 0 Å². The largest absolute Gasteiger partial charge is 0.309 e. The van der Waals surface area contributed by atoms with Gasteiger partial charge in [0.1, 0.15) is 0 Å². The number of hydrogen-bond acceptors (Lipinski definition) is 2. The van der Waals surface area contributed by atoms with E-state index >= 15 is 0 Å². The van der Waals surface area contributed by atoms with Crippen LogP contribution in [0.25, 0.3) is 0 Å². The molecule has 0 spiro atoms. The van der Waals surface area contributed by atoms with E-state index in [0.717, 1.165) is 19.5 Å². The van der Waals surface area contributed by atoms with E-state index in [2.05, 4.69) is 69.1 Å². The fourth-order valence-corrected chi connectivity index (χ4v) is 2.90. The first-order valence-corrected chi connectivity index (χ1v) is 8.24. The first-order valence-electron chi connectivity index (χ1n) is 8.24. The Morgan fingerprint density at radius 3 is 2.15 bits per heavy atom. The minimum atomic E-state index is 0.414. The Kier molecular flexibility index (Phi) is 7.86. The zero-order chi connectivity index (χ0) is 15.0. The maximum Gasteiger partial charge on any atom is 0.0475 e. The highest BCUT2D eigenvalue weighted by atomic mass is 15.2. The Morgan fingerprint density at radius 2 is 1.70 bits per heavy atom. The van der Waals surface area contributed by atoms with Crippen LogP contribution in [0, 0.1) is 0 Å². The lowest BCUT2D eigenvalue weighted by Crippen LogP contribution is -2.43. The van der Waals surface area contributed by atoms with Gasteiger partial charge in [-0.2, -0.15) is 0 Å². The Balaban J connectivity index is 2.90. The average molecular weight is 276 g/mol. The molecule has 0 saturated carbocycles. The van der Waals surface area contributed by atoms with Gasteiger partial charge in [-0.15, -0.1) is 0 Å². The lowest BCUT2D eigenvalue weighted by molar-refractivity contribution is 0.178. The normalized spacial score (nSPS) is 14.5. The van der Waals surface area contributed by atoms with Crippen molar-refractivity contribution in [1.29, 1.82) is 0 Å². The summed E-state index contributed by atoms with van der Waals surface area (Å²) < 4.78 is 0. The van der Waals surface area contributed by atoms with Gasteiger partial charge in [-0.3, -0.25) is 4.90 Å². The smallest absolute Gasteiger partial charge is 0.0475 e. The summed E-state index contributed by atoms with van der Waals surface area (Å²) >= 11 is 0. The number of aryl methyl sites for hydroxylation is 1. The summed E-state index contributed by atoms with van der Waals surface area (Å²) in [6.45, 7) is 14.6. The van der Waals surface area contributed by atoms with Crippen molar-refractivity contribution >= 4 is 0 Å². The molecular weight excluding hydrogens is 244 g/mol. The zero-order valence-corrected chi connectivity index (χ0v) is 13.9. The van der Waals surface area contributed by atoms with Crippen LogP contribution in [0.4, 0.5) is 0 Å². The van der Waals surface area contributed by atoms with Gasteiger partial charge in [-0.05, 0) is 50.5 Å². The third-order valence-corrected chi connectivity index (χ3v) is 4.15. The van der Waals surface area contributed by atoms with Crippen molar-refractivity contribution in [3.8, 4) is 0 Å². The predicted octanol–water partition coefficient (Wildman–Crippen LogP) is 4.02. The van der Waals surface area contributed by atoms with Gasteiger partial charge in [0.15, 0.2) is 0 Å². The second-order valence-electron chi connectivity index (χ2n) is 5.50. The molecule has 2 heteroatoms. The van der Waals surface area contributed by atoms with E-state index in [4.69, 9.17) is 0 Å². The summed E-state index contributed by atoms with van der Waals surface area (Å²) in [5.74, 6) is 0. The van der Waals surface area contributed by atoms with Crippen LogP contribution >= 0.6 is 0 Å². The molecule has 2 atom stereocenters. The molecule has 0 saturated heterocycles. The molecule has 1 rings (SSSR count). The van der Waals surface area contributed by atoms with Crippen molar-refractivity contribution in [3.05, 3.63) is 35.4 Å². The van der Waals surface area contributed by atoms with Crippen LogP contribution in [0.15, 0.2) is 24.3 Å². The highest BCUT2D eigenvalue weighted by Crippen LogP contribution is 2.22. The molecule has 20 heavy (non-hydrogen) atoms. The Bertz CT molecular complexity index is 358. The van der Waals surface area contributed by atoms with E-state index in [1.165, 1.54) is 24.1 Å². The van der Waals surface area contributed by atoms with Crippen molar-refractivity contribution in [2.75, 3.05) is 19.6 Å². The van der Waals surface area contributed by atoms with Crippen LogP contribution in [0.5, 0.6) is 0 Å². The molecule has 0 aliphatic heterocycles. The molecule has 0 heterocycles. The summed E-state index contributed by atoms with van der Waals surface area (Å²) in [5.41, 5.74) is 2.82. The highest BCUT2D eigenvalue weighted by molar-refractivity contribution is 5.26. The number of benzene rings is 1. The Labute approximate surface area is 125 Å². The van der Waals surface area contributed by atoms with Crippen LogP contribution in [0.2, 0.25) is 0 Å². The number of nitrogens with zero attached hydrogens (tertiary/aromatic N) is 1. The molecule has 2 unspecified atom stereocenters. The van der Waals surface area contributed by atoms with Gasteiger partial charge in [0.05, 0.1) is 0 Å². The summed E-state index contributed by atoms with van der Waals surface area (Å²) in [4.78, 5) is 2.57. The van der Waals surface area contributed by atoms with Crippen LogP contribution < -0.4 is 5.32 Å². The van der Waals surface area contributed by atoms with E-state index in [0.29, 0.717) is 12.1 Å². The summed E-state index contributed by atoms with van der Waals surface area (Å²) in [5, 5.41) is 3.67. The predicted molar refractivity (Wildman–Crippen MR) is 89.2 cm³/mol. The van der Waals surface area contributed by atoms with Crippen LogP contribution in [0.3, 0.4) is 0 Å². The van der Waals surface area contributed by atoms with E-state index in [-0.39, 0.29) is 0 Å². The molecule has 114 valence electrons. The highest BCUT2D eigenvalue weighted by Gasteiger charge is 2.22. The number of likely N-dealkylation sites (N-methyl/N-ethyl adjacent to an activating group) is 2. The van der Waals surface area contributed by atoms with E-state index in [1.807, 2.05) is 0 Å². The van der Waals surface area contributed by atoms with Crippen molar-refractivity contribution in [3.63, 3.8) is 0 Å². The van der Waals surface area contributed by atoms with Crippen molar-refractivity contribution in [2.45, 2.75) is 59.5 Å². The van der Waals surface area contributed by atoms with E-state index in [9.17, 15) is 0 Å². The molecule has 0 amide bonds. The second kappa shape index (κ2) is 9.15.